The first kappa shape index (κ1) is 19.7. The number of hydrogen-bond acceptors (Lipinski definition) is 3. The third-order valence-electron chi connectivity index (χ3n) is 3.51. The number of rotatable bonds is 8. The average Bonchev–Trinajstić information content (AvgIpc) is 2.57. The van der Waals surface area contributed by atoms with E-state index in [4.69, 9.17) is 0 Å². The van der Waals surface area contributed by atoms with E-state index in [-0.39, 0.29) is 17.7 Å². The van der Waals surface area contributed by atoms with Crippen LogP contribution in [-0.2, 0) is 9.59 Å². The molecule has 3 N–H and O–H groups in total. The molecule has 6 nitrogen and oxygen atoms in total. The summed E-state index contributed by atoms with van der Waals surface area (Å²) in [5.74, 6) is -0.776. The van der Waals surface area contributed by atoms with Gasteiger partial charge in [0.2, 0.25) is 11.8 Å². The number of benzene rings is 1. The molecule has 0 aliphatic heterocycles. The number of anilines is 1. The van der Waals surface area contributed by atoms with Crippen molar-refractivity contribution in [2.24, 2.45) is 5.92 Å². The van der Waals surface area contributed by atoms with Crippen LogP contribution >= 0.6 is 0 Å². The Hall–Kier alpha value is -2.37. The highest BCUT2D eigenvalue weighted by atomic mass is 16.2. The summed E-state index contributed by atoms with van der Waals surface area (Å²) in [6, 6.07) is 6.50. The van der Waals surface area contributed by atoms with E-state index in [9.17, 15) is 14.4 Å². The lowest BCUT2D eigenvalue weighted by Crippen LogP contribution is -2.41. The first-order valence-corrected chi connectivity index (χ1v) is 8.44. The zero-order valence-corrected chi connectivity index (χ0v) is 14.6. The van der Waals surface area contributed by atoms with Gasteiger partial charge < -0.3 is 5.32 Å². The van der Waals surface area contributed by atoms with Crippen LogP contribution < -0.4 is 16.2 Å². The fourth-order valence-corrected chi connectivity index (χ4v) is 1.97. The molecule has 0 spiro atoms. The van der Waals surface area contributed by atoms with E-state index in [0.717, 1.165) is 25.7 Å². The highest BCUT2D eigenvalue weighted by molar-refractivity contribution is 5.96. The molecule has 1 aromatic rings. The monoisotopic (exact) mass is 333 g/mol. The minimum atomic E-state index is -0.390. The van der Waals surface area contributed by atoms with Crippen LogP contribution in [0.25, 0.3) is 0 Å². The number of carbonyl (C=O) groups is 3. The highest BCUT2D eigenvalue weighted by Crippen LogP contribution is 2.11. The predicted molar refractivity (Wildman–Crippen MR) is 94.3 cm³/mol. The molecule has 1 rings (SSSR count). The Morgan fingerprint density at radius 2 is 1.62 bits per heavy atom. The van der Waals surface area contributed by atoms with Crippen LogP contribution in [0.5, 0.6) is 0 Å². The van der Waals surface area contributed by atoms with Crippen LogP contribution in [0.4, 0.5) is 5.69 Å². The maximum Gasteiger partial charge on any atom is 0.269 e. The van der Waals surface area contributed by atoms with E-state index in [1.54, 1.807) is 24.3 Å². The molecule has 0 radical (unpaired) electrons. The second-order valence-corrected chi connectivity index (χ2v) is 6.03. The number of nitrogens with one attached hydrogen (secondary N) is 3. The number of hydrogen-bond donors (Lipinski definition) is 3. The Kier molecular flexibility index (Phi) is 8.54. The minimum Gasteiger partial charge on any atom is -0.326 e. The summed E-state index contributed by atoms with van der Waals surface area (Å²) in [6.45, 7) is 5.73. The summed E-state index contributed by atoms with van der Waals surface area (Å²) >= 11 is 0. The van der Waals surface area contributed by atoms with E-state index in [0.29, 0.717) is 17.7 Å². The van der Waals surface area contributed by atoms with E-state index >= 15 is 0 Å². The Morgan fingerprint density at radius 3 is 2.21 bits per heavy atom. The van der Waals surface area contributed by atoms with Crippen LogP contribution in [0.1, 0.15) is 63.2 Å². The molecule has 24 heavy (non-hydrogen) atoms. The second kappa shape index (κ2) is 10.4. The molecule has 0 unspecified atom stereocenters. The van der Waals surface area contributed by atoms with E-state index in [1.807, 2.05) is 13.8 Å². The molecule has 1 aromatic carbocycles. The zero-order valence-electron chi connectivity index (χ0n) is 14.6. The zero-order chi connectivity index (χ0) is 17.9. The van der Waals surface area contributed by atoms with Crippen molar-refractivity contribution >= 4 is 23.4 Å². The summed E-state index contributed by atoms with van der Waals surface area (Å²) in [6.07, 6.45) is 4.47. The molecule has 0 heterocycles. The van der Waals surface area contributed by atoms with Crippen molar-refractivity contribution in [2.75, 3.05) is 5.32 Å². The van der Waals surface area contributed by atoms with Gasteiger partial charge in [-0.3, -0.25) is 25.2 Å². The van der Waals surface area contributed by atoms with Crippen molar-refractivity contribution in [1.82, 2.24) is 10.9 Å². The standard InChI is InChI=1S/C18H27N3O3/c1-4-5-6-7-8-16(22)20-21-18(24)14-9-11-15(12-10-14)19-17(23)13(2)3/h9-13H,4-8H2,1-3H3,(H,19,23)(H,20,22)(H,21,24). The van der Waals surface area contributed by atoms with Crippen LogP contribution in [0.15, 0.2) is 24.3 Å². The molecule has 132 valence electrons. The summed E-state index contributed by atoms with van der Waals surface area (Å²) in [5.41, 5.74) is 5.84. The molecular weight excluding hydrogens is 306 g/mol. The molecule has 0 aliphatic rings. The molecule has 3 amide bonds. The van der Waals surface area contributed by atoms with E-state index < -0.39 is 5.91 Å². The third-order valence-corrected chi connectivity index (χ3v) is 3.51. The van der Waals surface area contributed by atoms with Gasteiger partial charge in [-0.25, -0.2) is 0 Å². The van der Waals surface area contributed by atoms with Gasteiger partial charge in [0, 0.05) is 23.6 Å². The predicted octanol–water partition coefficient (Wildman–Crippen LogP) is 3.01. The maximum atomic E-state index is 12.0. The number of carbonyl (C=O) groups excluding carboxylic acids is 3. The maximum absolute atomic E-state index is 12.0. The molecule has 0 saturated carbocycles. The van der Waals surface area contributed by atoms with E-state index in [2.05, 4.69) is 23.1 Å². The van der Waals surface area contributed by atoms with Crippen molar-refractivity contribution in [3.63, 3.8) is 0 Å². The van der Waals surface area contributed by atoms with Crippen LogP contribution in [0.3, 0.4) is 0 Å². The number of hydrazine groups is 1. The van der Waals surface area contributed by atoms with Gasteiger partial charge in [0.1, 0.15) is 0 Å². The number of unbranched alkanes of at least 4 members (excludes halogenated alkanes) is 3. The van der Waals surface area contributed by atoms with Crippen LogP contribution in [-0.4, -0.2) is 17.7 Å². The molecule has 0 aromatic heterocycles. The Bertz CT molecular complexity index is 553. The SMILES string of the molecule is CCCCCCC(=O)NNC(=O)c1ccc(NC(=O)C(C)C)cc1. The fourth-order valence-electron chi connectivity index (χ4n) is 1.97. The molecule has 0 aliphatic carbocycles. The molecule has 0 fully saturated rings. The van der Waals surface area contributed by atoms with Gasteiger partial charge in [0.05, 0.1) is 0 Å². The van der Waals surface area contributed by atoms with Gasteiger partial charge in [0.25, 0.3) is 5.91 Å². The minimum absolute atomic E-state index is 0.0810. The molecule has 6 heteroatoms. The van der Waals surface area contributed by atoms with Crippen molar-refractivity contribution in [3.05, 3.63) is 29.8 Å². The summed E-state index contributed by atoms with van der Waals surface area (Å²) < 4.78 is 0. The first-order chi connectivity index (χ1) is 11.4. The van der Waals surface area contributed by atoms with Crippen molar-refractivity contribution in [2.45, 2.75) is 52.9 Å². The van der Waals surface area contributed by atoms with Gasteiger partial charge in [-0.05, 0) is 30.7 Å². The van der Waals surface area contributed by atoms with Gasteiger partial charge in [0.15, 0.2) is 0 Å². The smallest absolute Gasteiger partial charge is 0.269 e. The van der Waals surface area contributed by atoms with Gasteiger partial charge in [-0.1, -0.05) is 40.0 Å². The topological polar surface area (TPSA) is 87.3 Å². The molecule has 0 atom stereocenters. The normalized spacial score (nSPS) is 10.3. The van der Waals surface area contributed by atoms with Crippen LogP contribution in [0, 0.1) is 5.92 Å². The summed E-state index contributed by atoms with van der Waals surface area (Å²) in [7, 11) is 0. The fraction of sp³-hybridized carbons (Fsp3) is 0.500. The van der Waals surface area contributed by atoms with Crippen molar-refractivity contribution in [3.8, 4) is 0 Å². The van der Waals surface area contributed by atoms with Crippen molar-refractivity contribution < 1.29 is 14.4 Å². The third kappa shape index (κ3) is 7.26. The quantitative estimate of drug-likeness (QED) is 0.505. The lowest BCUT2D eigenvalue weighted by atomic mass is 10.1. The Labute approximate surface area is 143 Å². The van der Waals surface area contributed by atoms with Gasteiger partial charge >= 0.3 is 0 Å². The lowest BCUT2D eigenvalue weighted by molar-refractivity contribution is -0.122. The number of amides is 3. The van der Waals surface area contributed by atoms with Gasteiger partial charge in [-0.15, -0.1) is 0 Å². The van der Waals surface area contributed by atoms with Crippen LogP contribution in [0.2, 0.25) is 0 Å². The first-order valence-electron chi connectivity index (χ1n) is 8.44. The second-order valence-electron chi connectivity index (χ2n) is 6.03. The van der Waals surface area contributed by atoms with Crippen molar-refractivity contribution in [1.29, 1.82) is 0 Å². The molecule has 0 saturated heterocycles. The Morgan fingerprint density at radius 1 is 0.958 bits per heavy atom. The summed E-state index contributed by atoms with van der Waals surface area (Å²) in [4.78, 5) is 35.2. The van der Waals surface area contributed by atoms with Gasteiger partial charge in [-0.2, -0.15) is 0 Å². The summed E-state index contributed by atoms with van der Waals surface area (Å²) in [5, 5.41) is 2.75. The molecular formula is C18H27N3O3. The molecule has 0 bridgehead atoms. The highest BCUT2D eigenvalue weighted by Gasteiger charge is 2.09. The lowest BCUT2D eigenvalue weighted by Gasteiger charge is -2.09. The van der Waals surface area contributed by atoms with E-state index in [1.165, 1.54) is 0 Å². The largest absolute Gasteiger partial charge is 0.326 e. The Balaban J connectivity index is 2.40. The average molecular weight is 333 g/mol.